The Hall–Kier alpha value is -3.92. The van der Waals surface area contributed by atoms with E-state index in [-0.39, 0.29) is 36.7 Å². The number of amides is 2. The summed E-state index contributed by atoms with van der Waals surface area (Å²) in [6.07, 6.45) is 8.08. The highest BCUT2D eigenvalue weighted by Crippen LogP contribution is 2.36. The number of carbonyl (C=O) groups is 3. The molecule has 1 aromatic carbocycles. The molecule has 1 fully saturated rings. The Morgan fingerprint density at radius 2 is 1.90 bits per heavy atom. The van der Waals surface area contributed by atoms with Crippen molar-refractivity contribution in [1.82, 2.24) is 24.4 Å². The molecule has 0 atom stereocenters. The summed E-state index contributed by atoms with van der Waals surface area (Å²) in [5.74, 6) is 0.711. The van der Waals surface area contributed by atoms with Gasteiger partial charge in [0.15, 0.2) is 5.78 Å². The first-order valence-corrected chi connectivity index (χ1v) is 14.7. The quantitative estimate of drug-likeness (QED) is 0.226. The summed E-state index contributed by atoms with van der Waals surface area (Å²) in [5.41, 5.74) is 6.48. The number of anilines is 1. The van der Waals surface area contributed by atoms with E-state index in [1.165, 1.54) is 0 Å². The summed E-state index contributed by atoms with van der Waals surface area (Å²) < 4.78 is 2.48. The predicted molar refractivity (Wildman–Crippen MR) is 160 cm³/mol. The number of carbonyl (C=O) groups excluding carboxylic acids is 3. The van der Waals surface area contributed by atoms with Crippen LogP contribution >= 0.6 is 15.9 Å². The highest BCUT2D eigenvalue weighted by molar-refractivity contribution is 9.10. The number of fused-ring (bicyclic) bond motifs is 4. The predicted octanol–water partition coefficient (Wildman–Crippen LogP) is 5.19. The molecule has 41 heavy (non-hydrogen) atoms. The molecule has 6 rings (SSSR count). The van der Waals surface area contributed by atoms with Gasteiger partial charge in [-0.05, 0) is 104 Å². The minimum Gasteiger partial charge on any atom is -0.337 e. The van der Waals surface area contributed by atoms with Crippen LogP contribution in [0.15, 0.2) is 41.3 Å². The largest absolute Gasteiger partial charge is 0.337 e. The molecular weight excluding hydrogens is 584 g/mol. The van der Waals surface area contributed by atoms with E-state index in [9.17, 15) is 14.4 Å². The van der Waals surface area contributed by atoms with Crippen LogP contribution in [-0.4, -0.2) is 54.6 Å². The normalized spacial score (nSPS) is 14.2. The van der Waals surface area contributed by atoms with Gasteiger partial charge in [-0.25, -0.2) is 15.0 Å². The van der Waals surface area contributed by atoms with Gasteiger partial charge in [0.2, 0.25) is 11.8 Å². The number of aromatic nitrogens is 4. The zero-order valence-corrected chi connectivity index (χ0v) is 24.9. The van der Waals surface area contributed by atoms with Crippen molar-refractivity contribution in [2.45, 2.75) is 65.5 Å². The Morgan fingerprint density at radius 1 is 1.10 bits per heavy atom. The molecule has 2 amide bonds. The van der Waals surface area contributed by atoms with Crippen molar-refractivity contribution in [3.8, 4) is 11.1 Å². The number of hydrogen-bond donors (Lipinski definition) is 1. The van der Waals surface area contributed by atoms with Crippen molar-refractivity contribution < 1.29 is 14.4 Å². The summed E-state index contributed by atoms with van der Waals surface area (Å²) in [4.78, 5) is 54.5. The maximum absolute atomic E-state index is 13.7. The third kappa shape index (κ3) is 5.53. The fraction of sp³-hybridized carbons (Fsp3) is 0.355. The van der Waals surface area contributed by atoms with Gasteiger partial charge in [0, 0.05) is 40.5 Å². The second-order valence-electron chi connectivity index (χ2n) is 11.0. The molecular formula is C31H31BrN6O3. The second kappa shape index (κ2) is 10.8. The summed E-state index contributed by atoms with van der Waals surface area (Å²) >= 11 is 3.34. The fourth-order valence-corrected chi connectivity index (χ4v) is 5.94. The summed E-state index contributed by atoms with van der Waals surface area (Å²) in [6.45, 7) is 5.30. The number of nitrogens with one attached hydrogen (secondary N) is 1. The van der Waals surface area contributed by atoms with E-state index in [1.807, 2.05) is 36.7 Å². The summed E-state index contributed by atoms with van der Waals surface area (Å²) in [6, 6.07) is 7.89. The van der Waals surface area contributed by atoms with Gasteiger partial charge in [-0.15, -0.1) is 0 Å². The van der Waals surface area contributed by atoms with Crippen LogP contribution in [0.25, 0.3) is 22.0 Å². The van der Waals surface area contributed by atoms with Crippen molar-refractivity contribution in [2.75, 3.05) is 11.9 Å². The van der Waals surface area contributed by atoms with E-state index >= 15 is 0 Å². The van der Waals surface area contributed by atoms with Crippen LogP contribution in [0.3, 0.4) is 0 Å². The number of nitrogens with zero attached hydrogens (tertiary/aromatic N) is 5. The maximum atomic E-state index is 13.7. The molecule has 0 bridgehead atoms. The third-order valence-corrected chi connectivity index (χ3v) is 8.31. The molecule has 0 saturated heterocycles. The van der Waals surface area contributed by atoms with E-state index in [4.69, 9.17) is 0 Å². The average Bonchev–Trinajstić information content (AvgIpc) is 3.73. The van der Waals surface area contributed by atoms with Crippen molar-refractivity contribution in [2.24, 2.45) is 0 Å². The van der Waals surface area contributed by atoms with Crippen molar-refractivity contribution in [3.05, 3.63) is 69.5 Å². The molecule has 0 radical (unpaired) electrons. The van der Waals surface area contributed by atoms with Crippen LogP contribution in [0.1, 0.15) is 59.2 Å². The second-order valence-corrected chi connectivity index (χ2v) is 11.8. The van der Waals surface area contributed by atoms with Crippen molar-refractivity contribution >= 4 is 50.2 Å². The highest BCUT2D eigenvalue weighted by atomic mass is 79.9. The first-order chi connectivity index (χ1) is 19.7. The summed E-state index contributed by atoms with van der Waals surface area (Å²) in [7, 11) is 0. The molecule has 4 aromatic rings. The SMILES string of the molecule is CC(=O)c1cn(CC(=O)N(CC(=O)Nc2nc(Br)ccc2C)C2CC2)c2cc3c(cc12)-c1cnc(C)nc1CCC3. The lowest BCUT2D eigenvalue weighted by Crippen LogP contribution is -2.41. The number of ketones is 1. The number of halogens is 1. The van der Waals surface area contributed by atoms with Gasteiger partial charge in [-0.1, -0.05) is 6.07 Å². The van der Waals surface area contributed by atoms with Crippen LogP contribution < -0.4 is 5.32 Å². The molecule has 10 heteroatoms. The molecule has 3 heterocycles. The molecule has 3 aromatic heterocycles. The van der Waals surface area contributed by atoms with Gasteiger partial charge in [-0.3, -0.25) is 14.4 Å². The van der Waals surface area contributed by atoms with Gasteiger partial charge in [0.05, 0.1) is 5.69 Å². The highest BCUT2D eigenvalue weighted by Gasteiger charge is 2.34. The van der Waals surface area contributed by atoms with E-state index in [1.54, 1.807) is 18.0 Å². The lowest BCUT2D eigenvalue weighted by molar-refractivity contribution is -0.135. The molecule has 0 unspecified atom stereocenters. The van der Waals surface area contributed by atoms with E-state index in [0.29, 0.717) is 16.0 Å². The van der Waals surface area contributed by atoms with E-state index in [2.05, 4.69) is 48.3 Å². The minimum absolute atomic E-state index is 0.0372. The number of hydrogen-bond acceptors (Lipinski definition) is 6. The molecule has 0 aliphatic heterocycles. The maximum Gasteiger partial charge on any atom is 0.245 e. The first kappa shape index (κ1) is 27.3. The van der Waals surface area contributed by atoms with Gasteiger partial charge in [0.1, 0.15) is 29.3 Å². The fourth-order valence-electron chi connectivity index (χ4n) is 5.63. The molecule has 2 aliphatic rings. The zero-order chi connectivity index (χ0) is 28.8. The van der Waals surface area contributed by atoms with Crippen LogP contribution in [0.4, 0.5) is 5.82 Å². The Morgan fingerprint density at radius 3 is 2.66 bits per heavy atom. The zero-order valence-electron chi connectivity index (χ0n) is 23.3. The lowest BCUT2D eigenvalue weighted by atomic mass is 9.96. The minimum atomic E-state index is -0.290. The van der Waals surface area contributed by atoms with Crippen molar-refractivity contribution in [3.63, 3.8) is 0 Å². The number of pyridine rings is 1. The molecule has 1 N–H and O–H groups in total. The third-order valence-electron chi connectivity index (χ3n) is 7.87. The van der Waals surface area contributed by atoms with Crippen LogP contribution in [0.2, 0.25) is 0 Å². The van der Waals surface area contributed by atoms with Gasteiger partial charge < -0.3 is 14.8 Å². The van der Waals surface area contributed by atoms with Crippen LogP contribution in [-0.2, 0) is 29.0 Å². The van der Waals surface area contributed by atoms with Crippen molar-refractivity contribution in [1.29, 1.82) is 0 Å². The monoisotopic (exact) mass is 614 g/mol. The summed E-state index contributed by atoms with van der Waals surface area (Å²) in [5, 5.41) is 3.66. The van der Waals surface area contributed by atoms with Gasteiger partial charge in [0.25, 0.3) is 0 Å². The van der Waals surface area contributed by atoms with Crippen LogP contribution in [0, 0.1) is 13.8 Å². The topological polar surface area (TPSA) is 110 Å². The van der Waals surface area contributed by atoms with Crippen LogP contribution in [0.5, 0.6) is 0 Å². The van der Waals surface area contributed by atoms with Gasteiger partial charge >= 0.3 is 0 Å². The number of aryl methyl sites for hydroxylation is 4. The molecule has 9 nitrogen and oxygen atoms in total. The average molecular weight is 616 g/mol. The Balaban J connectivity index is 1.30. The molecule has 210 valence electrons. The van der Waals surface area contributed by atoms with E-state index < -0.39 is 0 Å². The van der Waals surface area contributed by atoms with E-state index in [0.717, 1.165) is 76.8 Å². The smallest absolute Gasteiger partial charge is 0.245 e. The number of benzene rings is 1. The lowest BCUT2D eigenvalue weighted by Gasteiger charge is -2.22. The Bertz CT molecular complexity index is 1720. The Kier molecular flexibility index (Phi) is 7.19. The number of rotatable bonds is 7. The Labute approximate surface area is 246 Å². The number of Topliss-reactive ketones (excluding diaryl/α,β-unsaturated/α-hetero) is 1. The molecule has 2 aliphatic carbocycles. The molecule has 1 saturated carbocycles. The first-order valence-electron chi connectivity index (χ1n) is 13.9. The van der Waals surface area contributed by atoms with Gasteiger partial charge in [-0.2, -0.15) is 0 Å². The molecule has 0 spiro atoms. The standard InChI is InChI=1S/C31H31BrN6O3/c1-17-7-10-28(32)35-31(17)36-29(40)15-38(21-8-9-21)30(41)16-37-14-25(18(2)39)23-12-22-20(11-27(23)37)5-4-6-26-24(22)13-33-19(3)34-26/h7,10-14,21H,4-6,8-9,15-16H2,1-3H3,(H,35,36,40).